The monoisotopic (exact) mass is 198 g/mol. The van der Waals surface area contributed by atoms with Gasteiger partial charge in [-0.3, -0.25) is 0 Å². The van der Waals surface area contributed by atoms with Gasteiger partial charge in [0.1, 0.15) is 16.6 Å². The van der Waals surface area contributed by atoms with Crippen molar-refractivity contribution >= 4 is 11.6 Å². The van der Waals surface area contributed by atoms with E-state index in [0.29, 0.717) is 17.6 Å². The van der Waals surface area contributed by atoms with Gasteiger partial charge < -0.3 is 4.74 Å². The van der Waals surface area contributed by atoms with Gasteiger partial charge in [0.2, 0.25) is 0 Å². The van der Waals surface area contributed by atoms with Gasteiger partial charge in [-0.05, 0) is 20.8 Å². The molecule has 0 radical (unpaired) electrons. The van der Waals surface area contributed by atoms with Crippen LogP contribution in [0.5, 0.6) is 0 Å². The van der Waals surface area contributed by atoms with E-state index in [9.17, 15) is 0 Å². The fourth-order valence-electron chi connectivity index (χ4n) is 1.51. The molecule has 0 unspecified atom stereocenters. The van der Waals surface area contributed by atoms with Crippen LogP contribution in [0, 0.1) is 6.92 Å². The molecule has 3 nitrogen and oxygen atoms in total. The maximum absolute atomic E-state index is 5.97. The van der Waals surface area contributed by atoms with Crippen molar-refractivity contribution in [3.8, 4) is 0 Å². The molecule has 2 rings (SSSR count). The van der Waals surface area contributed by atoms with E-state index in [0.717, 1.165) is 11.3 Å². The maximum Gasteiger partial charge on any atom is 0.138 e. The van der Waals surface area contributed by atoms with E-state index in [2.05, 4.69) is 9.97 Å². The Morgan fingerprint density at radius 2 is 2.08 bits per heavy atom. The zero-order chi connectivity index (χ0) is 9.64. The highest BCUT2D eigenvalue weighted by molar-refractivity contribution is 6.30. The van der Waals surface area contributed by atoms with Crippen molar-refractivity contribution in [3.05, 3.63) is 22.2 Å². The Bertz CT molecular complexity index is 363. The molecular formula is C9H11ClN2O. The van der Waals surface area contributed by atoms with Gasteiger partial charge in [-0.15, -0.1) is 0 Å². The minimum atomic E-state index is -0.327. The molecule has 0 saturated carbocycles. The molecule has 0 spiro atoms. The van der Waals surface area contributed by atoms with Crippen molar-refractivity contribution in [3.63, 3.8) is 0 Å². The standard InChI is InChI=1S/C9H11ClN2O/c1-5-11-7-6(8(10)12-5)4-13-9(7,2)3/h4H2,1-3H3. The quantitative estimate of drug-likeness (QED) is 0.600. The zero-order valence-corrected chi connectivity index (χ0v) is 8.64. The Labute approximate surface area is 82.1 Å². The summed E-state index contributed by atoms with van der Waals surface area (Å²) in [6.45, 7) is 6.32. The van der Waals surface area contributed by atoms with Crippen LogP contribution >= 0.6 is 11.6 Å². The second-order valence-corrected chi connectivity index (χ2v) is 4.05. The van der Waals surface area contributed by atoms with Gasteiger partial charge in [0.15, 0.2) is 0 Å². The van der Waals surface area contributed by atoms with Crippen LogP contribution in [0.4, 0.5) is 0 Å². The predicted octanol–water partition coefficient (Wildman–Crippen LogP) is 2.20. The molecule has 0 atom stereocenters. The molecule has 0 saturated heterocycles. The summed E-state index contributed by atoms with van der Waals surface area (Å²) in [6.07, 6.45) is 0. The zero-order valence-electron chi connectivity index (χ0n) is 7.89. The van der Waals surface area contributed by atoms with E-state index >= 15 is 0 Å². The number of nitrogens with zero attached hydrogens (tertiary/aromatic N) is 2. The smallest absolute Gasteiger partial charge is 0.138 e. The van der Waals surface area contributed by atoms with Gasteiger partial charge in [-0.25, -0.2) is 9.97 Å². The molecule has 1 aromatic rings. The van der Waals surface area contributed by atoms with Gasteiger partial charge in [-0.1, -0.05) is 11.6 Å². The van der Waals surface area contributed by atoms with Crippen molar-refractivity contribution in [2.24, 2.45) is 0 Å². The van der Waals surface area contributed by atoms with E-state index in [1.54, 1.807) is 0 Å². The van der Waals surface area contributed by atoms with E-state index in [1.807, 2.05) is 20.8 Å². The number of aromatic nitrogens is 2. The summed E-state index contributed by atoms with van der Waals surface area (Å²) in [6, 6.07) is 0. The fourth-order valence-corrected chi connectivity index (χ4v) is 1.77. The third-order valence-electron chi connectivity index (χ3n) is 2.22. The molecule has 1 aliphatic rings. The first-order valence-corrected chi connectivity index (χ1v) is 4.56. The summed E-state index contributed by atoms with van der Waals surface area (Å²) in [4.78, 5) is 8.43. The molecule has 0 bridgehead atoms. The first kappa shape index (κ1) is 8.91. The Hall–Kier alpha value is -0.670. The lowest BCUT2D eigenvalue weighted by molar-refractivity contribution is -0.0101. The Balaban J connectivity index is 2.65. The Morgan fingerprint density at radius 1 is 1.38 bits per heavy atom. The van der Waals surface area contributed by atoms with E-state index < -0.39 is 0 Å². The summed E-state index contributed by atoms with van der Waals surface area (Å²) in [5.74, 6) is 0.697. The lowest BCUT2D eigenvalue weighted by Gasteiger charge is -2.16. The Kier molecular flexibility index (Phi) is 1.82. The van der Waals surface area contributed by atoms with E-state index in [-0.39, 0.29) is 5.60 Å². The molecule has 0 aromatic carbocycles. The largest absolute Gasteiger partial charge is 0.364 e. The van der Waals surface area contributed by atoms with Crippen LogP contribution in [0.15, 0.2) is 0 Å². The molecule has 70 valence electrons. The second kappa shape index (κ2) is 2.66. The highest BCUT2D eigenvalue weighted by atomic mass is 35.5. The number of aryl methyl sites for hydroxylation is 1. The van der Waals surface area contributed by atoms with Gasteiger partial charge in [-0.2, -0.15) is 0 Å². The first-order valence-electron chi connectivity index (χ1n) is 4.18. The molecule has 1 aromatic heterocycles. The number of halogens is 1. The maximum atomic E-state index is 5.97. The minimum Gasteiger partial charge on any atom is -0.364 e. The predicted molar refractivity (Wildman–Crippen MR) is 49.6 cm³/mol. The summed E-state index contributed by atoms with van der Waals surface area (Å²) in [5, 5.41) is 0.521. The van der Waals surface area contributed by atoms with Crippen molar-refractivity contribution in [1.29, 1.82) is 0 Å². The Morgan fingerprint density at radius 3 is 2.77 bits per heavy atom. The van der Waals surface area contributed by atoms with Gasteiger partial charge in [0, 0.05) is 5.56 Å². The average molecular weight is 199 g/mol. The molecular weight excluding hydrogens is 188 g/mol. The summed E-state index contributed by atoms with van der Waals surface area (Å²) in [7, 11) is 0. The number of fused-ring (bicyclic) bond motifs is 1. The lowest BCUT2D eigenvalue weighted by Crippen LogP contribution is -2.17. The summed E-state index contributed by atoms with van der Waals surface area (Å²) in [5.41, 5.74) is 1.52. The van der Waals surface area contributed by atoms with Crippen molar-refractivity contribution in [1.82, 2.24) is 9.97 Å². The fraction of sp³-hybridized carbons (Fsp3) is 0.556. The van der Waals surface area contributed by atoms with E-state index in [1.165, 1.54) is 0 Å². The number of ether oxygens (including phenoxy) is 1. The number of rotatable bonds is 0. The second-order valence-electron chi connectivity index (χ2n) is 3.69. The van der Waals surface area contributed by atoms with Crippen LogP contribution < -0.4 is 0 Å². The molecule has 0 aliphatic carbocycles. The molecule has 1 aliphatic heterocycles. The highest BCUT2D eigenvalue weighted by Gasteiger charge is 2.34. The van der Waals surface area contributed by atoms with Gasteiger partial charge >= 0.3 is 0 Å². The molecule has 13 heavy (non-hydrogen) atoms. The van der Waals surface area contributed by atoms with Crippen molar-refractivity contribution in [2.45, 2.75) is 33.0 Å². The number of hydrogen-bond donors (Lipinski definition) is 0. The van der Waals surface area contributed by atoms with Crippen LogP contribution in [-0.2, 0) is 16.9 Å². The third-order valence-corrected chi connectivity index (χ3v) is 2.53. The topological polar surface area (TPSA) is 35.0 Å². The van der Waals surface area contributed by atoms with Crippen molar-refractivity contribution in [2.75, 3.05) is 0 Å². The van der Waals surface area contributed by atoms with Gasteiger partial charge in [0.25, 0.3) is 0 Å². The SMILES string of the molecule is Cc1nc(Cl)c2c(n1)C(C)(C)OC2. The molecule has 0 fully saturated rings. The first-order chi connectivity index (χ1) is 6.00. The molecule has 0 amide bonds. The molecule has 0 N–H and O–H groups in total. The van der Waals surface area contributed by atoms with E-state index in [4.69, 9.17) is 16.3 Å². The van der Waals surface area contributed by atoms with Crippen LogP contribution in [0.3, 0.4) is 0 Å². The normalized spacial score (nSPS) is 18.8. The molecule has 2 heterocycles. The average Bonchev–Trinajstić information content (AvgIpc) is 2.28. The van der Waals surface area contributed by atoms with Crippen LogP contribution in [0.25, 0.3) is 0 Å². The number of hydrogen-bond acceptors (Lipinski definition) is 3. The van der Waals surface area contributed by atoms with Crippen molar-refractivity contribution < 1.29 is 4.74 Å². The minimum absolute atomic E-state index is 0.327. The van der Waals surface area contributed by atoms with Crippen LogP contribution in [0.1, 0.15) is 30.9 Å². The lowest BCUT2D eigenvalue weighted by atomic mass is 10.0. The third kappa shape index (κ3) is 1.32. The summed E-state index contributed by atoms with van der Waals surface area (Å²) < 4.78 is 5.56. The van der Waals surface area contributed by atoms with Crippen LogP contribution in [-0.4, -0.2) is 9.97 Å². The van der Waals surface area contributed by atoms with Gasteiger partial charge in [0.05, 0.1) is 12.3 Å². The highest BCUT2D eigenvalue weighted by Crippen LogP contribution is 2.36. The van der Waals surface area contributed by atoms with Crippen LogP contribution in [0.2, 0.25) is 5.15 Å². The summed E-state index contributed by atoms with van der Waals surface area (Å²) >= 11 is 5.97. The molecule has 4 heteroatoms.